The van der Waals surface area contributed by atoms with Crippen LogP contribution in [-0.4, -0.2) is 16.4 Å². The van der Waals surface area contributed by atoms with Crippen molar-refractivity contribution >= 4 is 23.2 Å². The van der Waals surface area contributed by atoms with Crippen molar-refractivity contribution in [2.45, 2.75) is 13.5 Å². The van der Waals surface area contributed by atoms with Crippen molar-refractivity contribution in [1.29, 1.82) is 0 Å². The van der Waals surface area contributed by atoms with Crippen LogP contribution in [0, 0.1) is 6.92 Å². The van der Waals surface area contributed by atoms with Gasteiger partial charge in [-0.15, -0.1) is 0 Å². The third kappa shape index (κ3) is 2.13. The Kier molecular flexibility index (Phi) is 2.89. The van der Waals surface area contributed by atoms with E-state index in [9.17, 15) is 4.79 Å². The molecule has 2 aromatic heterocycles. The number of fused-ring (bicyclic) bond motifs is 2. The van der Waals surface area contributed by atoms with E-state index in [0.717, 1.165) is 17.3 Å². The quantitative estimate of drug-likeness (QED) is 0.778. The van der Waals surface area contributed by atoms with Gasteiger partial charge in [0.15, 0.2) is 0 Å². The first kappa shape index (κ1) is 13.0. The number of H-pyrrole nitrogens is 1. The van der Waals surface area contributed by atoms with Gasteiger partial charge in [-0.3, -0.25) is 0 Å². The molecule has 0 unspecified atom stereocenters. The lowest BCUT2D eigenvalue weighted by Gasteiger charge is -2.20. The van der Waals surface area contributed by atoms with Crippen LogP contribution in [-0.2, 0) is 6.54 Å². The minimum atomic E-state index is -0.252. The Balaban J connectivity index is 1.73. The number of nitrogens with zero attached hydrogens (tertiary/aromatic N) is 1. The predicted molar refractivity (Wildman–Crippen MR) is 86.6 cm³/mol. The van der Waals surface area contributed by atoms with Crippen LogP contribution in [0.4, 0.5) is 0 Å². The summed E-state index contributed by atoms with van der Waals surface area (Å²) in [6.45, 7) is 3.31. The normalized spacial score (nSPS) is 13.6. The van der Waals surface area contributed by atoms with Gasteiger partial charge >= 0.3 is 5.63 Å². The lowest BCUT2D eigenvalue weighted by Crippen LogP contribution is -2.44. The van der Waals surface area contributed by atoms with Crippen molar-refractivity contribution in [2.24, 2.45) is 0 Å². The molecule has 0 bridgehead atoms. The molecular formula is C18H16N2O2. The first-order chi connectivity index (χ1) is 10.7. The second-order valence-electron chi connectivity index (χ2n) is 5.64. The lowest BCUT2D eigenvalue weighted by molar-refractivity contribution is 0.444. The van der Waals surface area contributed by atoms with E-state index in [1.165, 1.54) is 10.9 Å². The van der Waals surface area contributed by atoms with Crippen molar-refractivity contribution in [2.75, 3.05) is 6.54 Å². The molecule has 4 nitrogen and oxygen atoms in total. The monoisotopic (exact) mass is 292 g/mol. The van der Waals surface area contributed by atoms with Gasteiger partial charge in [-0.05, 0) is 24.6 Å². The molecule has 3 aromatic rings. The topological polar surface area (TPSA) is 49.2 Å². The molecule has 4 rings (SSSR count). The first-order valence-corrected chi connectivity index (χ1v) is 7.32. The molecule has 1 aromatic carbocycles. The molecule has 1 aliphatic rings. The minimum absolute atomic E-state index is 0.252. The van der Waals surface area contributed by atoms with Crippen molar-refractivity contribution in [3.63, 3.8) is 0 Å². The zero-order chi connectivity index (χ0) is 15.1. The fraction of sp³-hybridized carbons (Fsp3) is 0.167. The summed E-state index contributed by atoms with van der Waals surface area (Å²) in [6.07, 6.45) is 6.04. The highest BCUT2D eigenvalue weighted by Crippen LogP contribution is 2.19. The van der Waals surface area contributed by atoms with E-state index in [-0.39, 0.29) is 5.63 Å². The number of nitrogens with one attached hydrogen (secondary N) is 1. The average molecular weight is 292 g/mol. The molecular weight excluding hydrogens is 276 g/mol. The van der Waals surface area contributed by atoms with Crippen LogP contribution >= 0.6 is 0 Å². The zero-order valence-electron chi connectivity index (χ0n) is 12.3. The molecule has 0 saturated heterocycles. The maximum Gasteiger partial charge on any atom is 0.343 e. The highest BCUT2D eigenvalue weighted by Gasteiger charge is 2.10. The Morgan fingerprint density at radius 3 is 3.09 bits per heavy atom. The Morgan fingerprint density at radius 1 is 1.32 bits per heavy atom. The minimum Gasteiger partial charge on any atom is -0.428 e. The van der Waals surface area contributed by atoms with Gasteiger partial charge in [-0.25, -0.2) is 4.79 Å². The van der Waals surface area contributed by atoms with Crippen LogP contribution in [0.3, 0.4) is 0 Å². The average Bonchev–Trinajstić information content (AvgIpc) is 2.90. The summed E-state index contributed by atoms with van der Waals surface area (Å²) in [5, 5.41) is 2.84. The Bertz CT molecular complexity index is 1030. The highest BCUT2D eigenvalue weighted by molar-refractivity contribution is 5.83. The predicted octanol–water partition coefficient (Wildman–Crippen LogP) is 1.46. The van der Waals surface area contributed by atoms with Crippen LogP contribution in [0.2, 0.25) is 0 Å². The summed E-state index contributed by atoms with van der Waals surface area (Å²) in [5.74, 6) is 0.641. The van der Waals surface area contributed by atoms with Crippen LogP contribution in [0.25, 0.3) is 23.2 Å². The molecule has 0 amide bonds. The summed E-state index contributed by atoms with van der Waals surface area (Å²) >= 11 is 0. The number of benzene rings is 1. The molecule has 0 aliphatic carbocycles. The van der Waals surface area contributed by atoms with Crippen LogP contribution in [0.5, 0.6) is 0 Å². The summed E-state index contributed by atoms with van der Waals surface area (Å²) < 4.78 is 5.14. The standard InChI is InChI=1S/C18H16N2O2/c1-12-8-13-10-20(7-6-16(13)18(21)22-12)11-14-9-19-17-5-3-2-4-15(14)17/h2-6,8-10,19H,7,11H2,1H3. The van der Waals surface area contributed by atoms with Gasteiger partial charge in [0.1, 0.15) is 5.76 Å². The number of para-hydroxylation sites is 1. The van der Waals surface area contributed by atoms with Gasteiger partial charge in [0.05, 0.1) is 5.22 Å². The number of hydrogen-bond donors (Lipinski definition) is 1. The van der Waals surface area contributed by atoms with E-state index in [1.807, 2.05) is 24.4 Å². The number of hydrogen-bond acceptors (Lipinski definition) is 3. The molecule has 0 spiro atoms. The second kappa shape index (κ2) is 4.91. The molecule has 1 N–H and O–H groups in total. The van der Waals surface area contributed by atoms with Crippen molar-refractivity contribution < 1.29 is 4.42 Å². The molecule has 0 atom stereocenters. The van der Waals surface area contributed by atoms with Gasteiger partial charge < -0.3 is 14.3 Å². The Morgan fingerprint density at radius 2 is 2.18 bits per heavy atom. The van der Waals surface area contributed by atoms with Crippen molar-refractivity contribution in [3.8, 4) is 0 Å². The molecule has 110 valence electrons. The number of aryl methyl sites for hydroxylation is 1. The van der Waals surface area contributed by atoms with E-state index in [0.29, 0.717) is 17.5 Å². The van der Waals surface area contributed by atoms with E-state index in [4.69, 9.17) is 4.42 Å². The molecule has 0 saturated carbocycles. The van der Waals surface area contributed by atoms with Crippen LogP contribution in [0.15, 0.2) is 45.7 Å². The third-order valence-electron chi connectivity index (χ3n) is 4.04. The Labute approximate surface area is 127 Å². The zero-order valence-corrected chi connectivity index (χ0v) is 12.3. The largest absolute Gasteiger partial charge is 0.428 e. The fourth-order valence-corrected chi connectivity index (χ4v) is 3.00. The molecule has 0 fully saturated rings. The van der Waals surface area contributed by atoms with Gasteiger partial charge in [0.25, 0.3) is 0 Å². The molecule has 1 aliphatic heterocycles. The van der Waals surface area contributed by atoms with Gasteiger partial charge in [-0.2, -0.15) is 0 Å². The molecule has 0 radical (unpaired) electrons. The summed E-state index contributed by atoms with van der Waals surface area (Å²) in [7, 11) is 0. The first-order valence-electron chi connectivity index (χ1n) is 7.32. The van der Waals surface area contributed by atoms with E-state index < -0.39 is 0 Å². The molecule has 4 heteroatoms. The third-order valence-corrected chi connectivity index (χ3v) is 4.04. The van der Waals surface area contributed by atoms with Crippen LogP contribution in [0.1, 0.15) is 11.3 Å². The molecule has 22 heavy (non-hydrogen) atoms. The number of aromatic nitrogens is 1. The van der Waals surface area contributed by atoms with Gasteiger partial charge in [0, 0.05) is 41.6 Å². The van der Waals surface area contributed by atoms with E-state index >= 15 is 0 Å². The molecule has 3 heterocycles. The maximum atomic E-state index is 11.8. The second-order valence-corrected chi connectivity index (χ2v) is 5.64. The fourth-order valence-electron chi connectivity index (χ4n) is 3.00. The van der Waals surface area contributed by atoms with Gasteiger partial charge in [0.2, 0.25) is 0 Å². The highest BCUT2D eigenvalue weighted by atomic mass is 16.4. The Hall–Kier alpha value is -2.75. The maximum absolute atomic E-state index is 11.8. The number of aromatic amines is 1. The van der Waals surface area contributed by atoms with Crippen molar-refractivity contribution in [1.82, 2.24) is 9.88 Å². The summed E-state index contributed by atoms with van der Waals surface area (Å²) in [6, 6.07) is 10.2. The van der Waals surface area contributed by atoms with E-state index in [1.54, 1.807) is 6.92 Å². The lowest BCUT2D eigenvalue weighted by atomic mass is 10.1. The smallest absolute Gasteiger partial charge is 0.343 e. The summed E-state index contributed by atoms with van der Waals surface area (Å²) in [4.78, 5) is 17.3. The number of rotatable bonds is 2. The van der Waals surface area contributed by atoms with Crippen molar-refractivity contribution in [3.05, 3.63) is 68.7 Å². The SMILES string of the molecule is Cc1cc2c(c(=O)o1)=CCN(Cc1c[nH]c3ccccc13)C=2. The van der Waals surface area contributed by atoms with Crippen LogP contribution < -0.4 is 16.1 Å². The van der Waals surface area contributed by atoms with E-state index in [2.05, 4.69) is 34.3 Å². The summed E-state index contributed by atoms with van der Waals surface area (Å²) in [5.41, 5.74) is 2.15. The van der Waals surface area contributed by atoms with Gasteiger partial charge in [-0.1, -0.05) is 24.3 Å².